The lowest BCUT2D eigenvalue weighted by Crippen LogP contribution is -2.31. The molecule has 0 saturated carbocycles. The van der Waals surface area contributed by atoms with Gasteiger partial charge in [-0.05, 0) is 65.5 Å². The van der Waals surface area contributed by atoms with Crippen molar-refractivity contribution in [3.8, 4) is 11.5 Å². The van der Waals surface area contributed by atoms with Gasteiger partial charge in [0.15, 0.2) is 11.5 Å². The molecule has 0 bridgehead atoms. The van der Waals surface area contributed by atoms with Gasteiger partial charge in [-0.2, -0.15) is 0 Å². The van der Waals surface area contributed by atoms with Crippen LogP contribution in [0.2, 0.25) is 0 Å². The molecule has 4 nitrogen and oxygen atoms in total. The normalized spacial score (nSPS) is 22.5. The monoisotopic (exact) mass is 356 g/mol. The molecule has 2 rings (SSSR count). The number of hydrogen-bond acceptors (Lipinski definition) is 4. The van der Waals surface area contributed by atoms with Crippen molar-refractivity contribution in [2.24, 2.45) is 11.1 Å². The molecule has 0 aromatic heterocycles. The van der Waals surface area contributed by atoms with E-state index in [2.05, 4.69) is 39.9 Å². The summed E-state index contributed by atoms with van der Waals surface area (Å²) < 4.78 is 12.0. The Bertz CT molecular complexity index is 495. The molecule has 118 valence electrons. The molecule has 1 saturated heterocycles. The third-order valence-electron chi connectivity index (χ3n) is 4.11. The van der Waals surface area contributed by atoms with Gasteiger partial charge in [0.1, 0.15) is 0 Å². The van der Waals surface area contributed by atoms with Gasteiger partial charge >= 0.3 is 0 Å². The summed E-state index contributed by atoms with van der Waals surface area (Å²) in [5.41, 5.74) is 7.36. The van der Waals surface area contributed by atoms with Gasteiger partial charge in [-0.3, -0.25) is 4.90 Å². The maximum atomic E-state index is 5.88. The Morgan fingerprint density at radius 2 is 2.19 bits per heavy atom. The van der Waals surface area contributed by atoms with Crippen LogP contribution in [0.3, 0.4) is 0 Å². The molecule has 5 heteroatoms. The lowest BCUT2D eigenvalue weighted by Gasteiger charge is -2.23. The number of halogens is 1. The molecular weight excluding hydrogens is 332 g/mol. The number of ether oxygens (including phenoxy) is 2. The summed E-state index contributed by atoms with van der Waals surface area (Å²) in [7, 11) is 1.66. The van der Waals surface area contributed by atoms with Crippen molar-refractivity contribution in [1.82, 2.24) is 4.90 Å². The van der Waals surface area contributed by atoms with Gasteiger partial charge in [0, 0.05) is 13.1 Å². The maximum absolute atomic E-state index is 5.88. The molecule has 1 aromatic rings. The number of hydrogen-bond donors (Lipinski definition) is 1. The van der Waals surface area contributed by atoms with E-state index in [0.717, 1.165) is 42.2 Å². The fourth-order valence-corrected chi connectivity index (χ4v) is 3.51. The minimum Gasteiger partial charge on any atom is -0.492 e. The van der Waals surface area contributed by atoms with E-state index in [1.165, 1.54) is 12.0 Å². The van der Waals surface area contributed by atoms with Crippen LogP contribution < -0.4 is 15.2 Å². The fraction of sp³-hybridized carbons (Fsp3) is 0.625. The first-order valence-corrected chi connectivity index (χ1v) is 8.22. The molecule has 2 N–H and O–H groups in total. The summed E-state index contributed by atoms with van der Waals surface area (Å²) in [6.07, 6.45) is 1.17. The second-order valence-electron chi connectivity index (χ2n) is 6.02. The van der Waals surface area contributed by atoms with E-state index in [9.17, 15) is 0 Å². The summed E-state index contributed by atoms with van der Waals surface area (Å²) in [5.74, 6) is 1.55. The quantitative estimate of drug-likeness (QED) is 0.850. The van der Waals surface area contributed by atoms with E-state index in [4.69, 9.17) is 15.2 Å². The average Bonchev–Trinajstić information content (AvgIpc) is 2.81. The number of nitrogens with two attached hydrogens (primary N) is 1. The first kappa shape index (κ1) is 16.6. The molecule has 0 aliphatic carbocycles. The van der Waals surface area contributed by atoms with Gasteiger partial charge in [-0.25, -0.2) is 0 Å². The van der Waals surface area contributed by atoms with Crippen molar-refractivity contribution in [1.29, 1.82) is 0 Å². The highest BCUT2D eigenvalue weighted by Crippen LogP contribution is 2.37. The van der Waals surface area contributed by atoms with Gasteiger partial charge in [-0.1, -0.05) is 6.92 Å². The highest BCUT2D eigenvalue weighted by atomic mass is 79.9. The Balaban J connectivity index is 2.14. The number of likely N-dealkylation sites (tertiary alicyclic amines) is 1. The third-order valence-corrected chi connectivity index (χ3v) is 4.70. The highest BCUT2D eigenvalue weighted by Gasteiger charge is 2.32. The van der Waals surface area contributed by atoms with Crippen LogP contribution in [0.1, 0.15) is 25.8 Å². The molecule has 0 spiro atoms. The van der Waals surface area contributed by atoms with Gasteiger partial charge in [0.05, 0.1) is 18.2 Å². The fourth-order valence-electron chi connectivity index (χ4n) is 2.86. The zero-order valence-corrected chi connectivity index (χ0v) is 14.7. The van der Waals surface area contributed by atoms with Crippen LogP contribution in [0.4, 0.5) is 0 Å². The van der Waals surface area contributed by atoms with Crippen LogP contribution in [0.25, 0.3) is 0 Å². The van der Waals surface area contributed by atoms with E-state index in [-0.39, 0.29) is 5.41 Å². The first-order valence-electron chi connectivity index (χ1n) is 7.43. The summed E-state index contributed by atoms with van der Waals surface area (Å²) >= 11 is 3.57. The molecule has 0 amide bonds. The molecule has 1 aliphatic heterocycles. The van der Waals surface area contributed by atoms with Crippen molar-refractivity contribution in [2.75, 3.05) is 33.4 Å². The van der Waals surface area contributed by atoms with Crippen molar-refractivity contribution in [3.05, 3.63) is 22.2 Å². The molecule has 21 heavy (non-hydrogen) atoms. The third kappa shape index (κ3) is 3.90. The maximum Gasteiger partial charge on any atom is 0.174 e. The van der Waals surface area contributed by atoms with Gasteiger partial charge in [0.25, 0.3) is 0 Å². The smallest absolute Gasteiger partial charge is 0.174 e. The summed E-state index contributed by atoms with van der Waals surface area (Å²) in [5, 5.41) is 0. The molecule has 1 unspecified atom stereocenters. The van der Waals surface area contributed by atoms with Crippen molar-refractivity contribution in [3.63, 3.8) is 0 Å². The van der Waals surface area contributed by atoms with Gasteiger partial charge in [0.2, 0.25) is 0 Å². The standard InChI is InChI=1S/C16H25BrN2O2/c1-4-21-14-8-12(7-13(17)15(14)20-3)9-19-6-5-16(2,10-18)11-19/h7-8H,4-6,9-11,18H2,1-3H3. The van der Waals surface area contributed by atoms with E-state index < -0.39 is 0 Å². The number of benzene rings is 1. The molecule has 1 aromatic carbocycles. The van der Waals surface area contributed by atoms with Crippen molar-refractivity contribution < 1.29 is 9.47 Å². The molecule has 1 heterocycles. The second-order valence-corrected chi connectivity index (χ2v) is 6.87. The van der Waals surface area contributed by atoms with Crippen LogP contribution in [-0.2, 0) is 6.54 Å². The zero-order valence-electron chi connectivity index (χ0n) is 13.1. The lowest BCUT2D eigenvalue weighted by molar-refractivity contribution is 0.273. The lowest BCUT2D eigenvalue weighted by atomic mass is 9.90. The van der Waals surface area contributed by atoms with Crippen molar-refractivity contribution >= 4 is 15.9 Å². The van der Waals surface area contributed by atoms with E-state index in [0.29, 0.717) is 6.61 Å². The number of rotatable bonds is 6. The number of methoxy groups -OCH3 is 1. The molecular formula is C16H25BrN2O2. The van der Waals surface area contributed by atoms with E-state index in [1.54, 1.807) is 7.11 Å². The SMILES string of the molecule is CCOc1cc(CN2CCC(C)(CN)C2)cc(Br)c1OC. The largest absolute Gasteiger partial charge is 0.492 e. The molecule has 1 fully saturated rings. The van der Waals surface area contributed by atoms with Crippen LogP contribution in [0.5, 0.6) is 11.5 Å². The topological polar surface area (TPSA) is 47.7 Å². The van der Waals surface area contributed by atoms with Gasteiger partial charge < -0.3 is 15.2 Å². The Kier molecular flexibility index (Phi) is 5.52. The first-order chi connectivity index (χ1) is 10.0. The molecule has 1 atom stereocenters. The summed E-state index contributed by atoms with van der Waals surface area (Å²) in [4.78, 5) is 2.46. The van der Waals surface area contributed by atoms with Crippen LogP contribution >= 0.6 is 15.9 Å². The molecule has 0 radical (unpaired) electrons. The zero-order chi connectivity index (χ0) is 15.5. The summed E-state index contributed by atoms with van der Waals surface area (Å²) in [6.45, 7) is 8.69. The van der Waals surface area contributed by atoms with Crippen LogP contribution in [0, 0.1) is 5.41 Å². The van der Waals surface area contributed by atoms with E-state index in [1.807, 2.05) is 6.92 Å². The Morgan fingerprint density at radius 3 is 2.76 bits per heavy atom. The number of nitrogens with zero attached hydrogens (tertiary/aromatic N) is 1. The van der Waals surface area contributed by atoms with Gasteiger partial charge in [-0.15, -0.1) is 0 Å². The van der Waals surface area contributed by atoms with Crippen molar-refractivity contribution in [2.45, 2.75) is 26.8 Å². The van der Waals surface area contributed by atoms with Crippen LogP contribution in [-0.4, -0.2) is 38.3 Å². The predicted octanol–water partition coefficient (Wildman–Crippen LogP) is 3.03. The Hall–Kier alpha value is -0.780. The minimum absolute atomic E-state index is 0.256. The summed E-state index contributed by atoms with van der Waals surface area (Å²) in [6, 6.07) is 4.19. The van der Waals surface area contributed by atoms with Crippen LogP contribution in [0.15, 0.2) is 16.6 Å². The minimum atomic E-state index is 0.256. The predicted molar refractivity (Wildman–Crippen MR) is 88.9 cm³/mol. The molecule has 1 aliphatic rings. The second kappa shape index (κ2) is 6.99. The highest BCUT2D eigenvalue weighted by molar-refractivity contribution is 9.10. The average molecular weight is 357 g/mol. The van der Waals surface area contributed by atoms with E-state index >= 15 is 0 Å². The Morgan fingerprint density at radius 1 is 1.43 bits per heavy atom. The Labute approximate surface area is 135 Å².